The number of benzene rings is 1. The zero-order valence-electron chi connectivity index (χ0n) is 12.2. The van der Waals surface area contributed by atoms with Crippen LogP contribution in [0.3, 0.4) is 0 Å². The second-order valence-corrected chi connectivity index (χ2v) is 5.35. The predicted molar refractivity (Wildman–Crippen MR) is 78.1 cm³/mol. The monoisotopic (exact) mass is 263 g/mol. The second kappa shape index (κ2) is 7.95. The van der Waals surface area contributed by atoms with E-state index in [-0.39, 0.29) is 12.5 Å². The molecule has 1 unspecified atom stereocenters. The first-order chi connectivity index (χ1) is 9.02. The van der Waals surface area contributed by atoms with E-state index >= 15 is 0 Å². The molecule has 0 aromatic heterocycles. The summed E-state index contributed by atoms with van der Waals surface area (Å²) in [6.45, 7) is 7.02. The Labute approximate surface area is 116 Å². The van der Waals surface area contributed by atoms with Crippen LogP contribution in [0.1, 0.15) is 36.5 Å². The summed E-state index contributed by atoms with van der Waals surface area (Å²) in [5, 5.41) is 11.7. The van der Waals surface area contributed by atoms with Crippen LogP contribution >= 0.6 is 0 Å². The van der Waals surface area contributed by atoms with Crippen molar-refractivity contribution in [2.24, 2.45) is 5.92 Å². The van der Waals surface area contributed by atoms with Gasteiger partial charge in [-0.05, 0) is 43.7 Å². The van der Waals surface area contributed by atoms with E-state index in [0.717, 1.165) is 12.8 Å². The van der Waals surface area contributed by atoms with E-state index in [0.29, 0.717) is 18.9 Å². The highest BCUT2D eigenvalue weighted by atomic mass is 16.3. The van der Waals surface area contributed by atoms with Gasteiger partial charge in [-0.1, -0.05) is 30.7 Å². The quantitative estimate of drug-likeness (QED) is 0.793. The van der Waals surface area contributed by atoms with E-state index in [1.165, 1.54) is 16.7 Å². The van der Waals surface area contributed by atoms with E-state index in [1.807, 2.05) is 6.92 Å². The first-order valence-electron chi connectivity index (χ1n) is 6.96. The highest BCUT2D eigenvalue weighted by Gasteiger charge is 2.06. The lowest BCUT2D eigenvalue weighted by atomic mass is 10.0. The molecule has 0 saturated carbocycles. The van der Waals surface area contributed by atoms with Crippen molar-refractivity contribution in [2.75, 3.05) is 13.2 Å². The van der Waals surface area contributed by atoms with Crippen molar-refractivity contribution in [3.05, 3.63) is 34.9 Å². The molecule has 0 radical (unpaired) electrons. The highest BCUT2D eigenvalue weighted by molar-refractivity contribution is 5.76. The topological polar surface area (TPSA) is 49.3 Å². The van der Waals surface area contributed by atoms with Crippen molar-refractivity contribution in [2.45, 2.75) is 40.0 Å². The van der Waals surface area contributed by atoms with Gasteiger partial charge in [0.25, 0.3) is 0 Å². The Morgan fingerprint density at radius 2 is 2.11 bits per heavy atom. The molecule has 3 nitrogen and oxygen atoms in total. The SMILES string of the molecule is Cc1ccc(CCC(=O)NCC(C)CCO)c(C)c1. The van der Waals surface area contributed by atoms with Gasteiger partial charge < -0.3 is 10.4 Å². The summed E-state index contributed by atoms with van der Waals surface area (Å²) >= 11 is 0. The maximum atomic E-state index is 11.7. The highest BCUT2D eigenvalue weighted by Crippen LogP contribution is 2.12. The van der Waals surface area contributed by atoms with Crippen LogP contribution in [0.25, 0.3) is 0 Å². The third kappa shape index (κ3) is 5.88. The normalized spacial score (nSPS) is 12.2. The van der Waals surface area contributed by atoms with Gasteiger partial charge in [0.15, 0.2) is 0 Å². The lowest BCUT2D eigenvalue weighted by Gasteiger charge is -2.11. The number of aliphatic hydroxyl groups excluding tert-OH is 1. The number of nitrogens with one attached hydrogen (secondary N) is 1. The maximum absolute atomic E-state index is 11.7. The summed E-state index contributed by atoms with van der Waals surface area (Å²) < 4.78 is 0. The zero-order valence-corrected chi connectivity index (χ0v) is 12.2. The Kier molecular flexibility index (Phi) is 6.57. The molecule has 0 saturated heterocycles. The molecule has 0 aliphatic heterocycles. The lowest BCUT2D eigenvalue weighted by Crippen LogP contribution is -2.28. The van der Waals surface area contributed by atoms with Gasteiger partial charge in [-0.2, -0.15) is 0 Å². The van der Waals surface area contributed by atoms with Crippen LogP contribution < -0.4 is 5.32 Å². The van der Waals surface area contributed by atoms with Gasteiger partial charge in [-0.3, -0.25) is 4.79 Å². The molecule has 19 heavy (non-hydrogen) atoms. The Balaban J connectivity index is 2.33. The van der Waals surface area contributed by atoms with Crippen LogP contribution in [0.4, 0.5) is 0 Å². The Bertz CT molecular complexity index is 415. The fraction of sp³-hybridized carbons (Fsp3) is 0.562. The van der Waals surface area contributed by atoms with Gasteiger partial charge >= 0.3 is 0 Å². The summed E-state index contributed by atoms with van der Waals surface area (Å²) in [4.78, 5) is 11.7. The number of aliphatic hydroxyl groups is 1. The number of hydrogen-bond donors (Lipinski definition) is 2. The van der Waals surface area contributed by atoms with Crippen LogP contribution in [0.2, 0.25) is 0 Å². The summed E-state index contributed by atoms with van der Waals surface area (Å²) in [7, 11) is 0. The molecule has 0 spiro atoms. The number of aryl methyl sites for hydroxylation is 3. The minimum atomic E-state index is 0.0877. The van der Waals surface area contributed by atoms with Gasteiger partial charge in [-0.25, -0.2) is 0 Å². The summed E-state index contributed by atoms with van der Waals surface area (Å²) in [6.07, 6.45) is 2.04. The number of hydrogen-bond acceptors (Lipinski definition) is 2. The molecular weight excluding hydrogens is 238 g/mol. The predicted octanol–water partition coefficient (Wildman–Crippen LogP) is 2.37. The van der Waals surface area contributed by atoms with Gasteiger partial charge in [0, 0.05) is 19.6 Å². The summed E-state index contributed by atoms with van der Waals surface area (Å²) in [6, 6.07) is 6.34. The van der Waals surface area contributed by atoms with E-state index in [9.17, 15) is 4.79 Å². The van der Waals surface area contributed by atoms with Crippen LogP contribution in [-0.2, 0) is 11.2 Å². The van der Waals surface area contributed by atoms with Crippen molar-refractivity contribution >= 4 is 5.91 Å². The molecule has 1 amide bonds. The van der Waals surface area contributed by atoms with Crippen molar-refractivity contribution in [3.8, 4) is 0 Å². The number of carbonyl (C=O) groups is 1. The number of carbonyl (C=O) groups excluding carboxylic acids is 1. The molecule has 1 rings (SSSR count). The average molecular weight is 263 g/mol. The molecule has 0 aliphatic carbocycles. The molecule has 0 bridgehead atoms. The fourth-order valence-electron chi connectivity index (χ4n) is 2.07. The van der Waals surface area contributed by atoms with E-state index < -0.39 is 0 Å². The van der Waals surface area contributed by atoms with Crippen molar-refractivity contribution in [1.82, 2.24) is 5.32 Å². The summed E-state index contributed by atoms with van der Waals surface area (Å²) in [5.41, 5.74) is 3.74. The van der Waals surface area contributed by atoms with Crippen LogP contribution in [-0.4, -0.2) is 24.2 Å². The molecule has 106 valence electrons. The second-order valence-electron chi connectivity index (χ2n) is 5.35. The number of amides is 1. The molecule has 0 aliphatic rings. The maximum Gasteiger partial charge on any atom is 0.220 e. The molecule has 3 heteroatoms. The Morgan fingerprint density at radius 1 is 1.37 bits per heavy atom. The van der Waals surface area contributed by atoms with Crippen LogP contribution in [0.15, 0.2) is 18.2 Å². The minimum Gasteiger partial charge on any atom is -0.396 e. The average Bonchev–Trinajstić information content (AvgIpc) is 2.35. The molecule has 0 fully saturated rings. The Hall–Kier alpha value is -1.35. The van der Waals surface area contributed by atoms with Gasteiger partial charge in [0.05, 0.1) is 0 Å². The molecular formula is C16H25NO2. The molecule has 2 N–H and O–H groups in total. The molecule has 1 atom stereocenters. The third-order valence-electron chi connectivity index (χ3n) is 3.39. The van der Waals surface area contributed by atoms with Crippen LogP contribution in [0.5, 0.6) is 0 Å². The van der Waals surface area contributed by atoms with Crippen molar-refractivity contribution < 1.29 is 9.90 Å². The van der Waals surface area contributed by atoms with Gasteiger partial charge in [0.2, 0.25) is 5.91 Å². The van der Waals surface area contributed by atoms with Crippen molar-refractivity contribution in [1.29, 1.82) is 0 Å². The lowest BCUT2D eigenvalue weighted by molar-refractivity contribution is -0.121. The first kappa shape index (κ1) is 15.7. The molecule has 1 aromatic rings. The Morgan fingerprint density at radius 3 is 2.74 bits per heavy atom. The number of rotatable bonds is 7. The smallest absolute Gasteiger partial charge is 0.220 e. The standard InChI is InChI=1S/C16H25NO2/c1-12-4-5-15(14(3)10-12)6-7-16(19)17-11-13(2)8-9-18/h4-5,10,13,18H,6-9,11H2,1-3H3,(H,17,19). The summed E-state index contributed by atoms with van der Waals surface area (Å²) in [5.74, 6) is 0.417. The van der Waals surface area contributed by atoms with Crippen LogP contribution in [0, 0.1) is 19.8 Å². The van der Waals surface area contributed by atoms with Gasteiger partial charge in [-0.15, -0.1) is 0 Å². The van der Waals surface area contributed by atoms with E-state index in [2.05, 4.69) is 37.4 Å². The van der Waals surface area contributed by atoms with Gasteiger partial charge in [0.1, 0.15) is 0 Å². The zero-order chi connectivity index (χ0) is 14.3. The van der Waals surface area contributed by atoms with E-state index in [4.69, 9.17) is 5.11 Å². The van der Waals surface area contributed by atoms with Crippen molar-refractivity contribution in [3.63, 3.8) is 0 Å². The fourth-order valence-corrected chi connectivity index (χ4v) is 2.07. The molecule has 0 heterocycles. The largest absolute Gasteiger partial charge is 0.396 e. The first-order valence-corrected chi connectivity index (χ1v) is 6.96. The van der Waals surface area contributed by atoms with E-state index in [1.54, 1.807) is 0 Å². The molecule has 1 aromatic carbocycles. The minimum absolute atomic E-state index is 0.0877. The third-order valence-corrected chi connectivity index (χ3v) is 3.39.